The average molecular weight is 269 g/mol. The smallest absolute Gasteiger partial charge is 0.354 e. The molecular weight excluding hydrogens is 260 g/mol. The molecule has 2 rings (SSSR count). The van der Waals surface area contributed by atoms with Gasteiger partial charge >= 0.3 is 5.97 Å². The Balaban J connectivity index is 2.88. The number of aromatic carboxylic acids is 1. The summed E-state index contributed by atoms with van der Waals surface area (Å²) < 4.78 is 2.26. The highest BCUT2D eigenvalue weighted by molar-refractivity contribution is 9.10. The molecule has 0 aliphatic rings. The van der Waals surface area contributed by atoms with E-state index in [4.69, 9.17) is 5.11 Å². The summed E-state index contributed by atoms with van der Waals surface area (Å²) >= 11 is 3.34. The van der Waals surface area contributed by atoms with Gasteiger partial charge in [-0.05, 0) is 19.1 Å². The first-order valence-corrected chi connectivity index (χ1v) is 5.32. The van der Waals surface area contributed by atoms with Crippen molar-refractivity contribution in [3.63, 3.8) is 0 Å². The highest BCUT2D eigenvalue weighted by atomic mass is 79.9. The Morgan fingerprint density at radius 2 is 2.33 bits per heavy atom. The third-order valence-electron chi connectivity index (χ3n) is 2.22. The Kier molecular flexibility index (Phi) is 2.48. The van der Waals surface area contributed by atoms with Crippen LogP contribution in [0, 0.1) is 0 Å². The maximum absolute atomic E-state index is 11.1. The maximum Gasteiger partial charge on any atom is 0.354 e. The summed E-state index contributed by atoms with van der Waals surface area (Å²) in [5.41, 5.74) is 0.934. The fourth-order valence-corrected chi connectivity index (χ4v) is 2.13. The van der Waals surface area contributed by atoms with Gasteiger partial charge in [-0.3, -0.25) is 4.68 Å². The van der Waals surface area contributed by atoms with Gasteiger partial charge in [0.25, 0.3) is 0 Å². The van der Waals surface area contributed by atoms with E-state index in [2.05, 4.69) is 21.0 Å². The number of halogens is 1. The van der Waals surface area contributed by atoms with Crippen molar-refractivity contribution in [3.05, 3.63) is 28.4 Å². The van der Waals surface area contributed by atoms with Crippen LogP contribution in [0.4, 0.5) is 0 Å². The van der Waals surface area contributed by atoms with E-state index in [0.717, 1.165) is 4.47 Å². The summed E-state index contributed by atoms with van der Waals surface area (Å²) in [7, 11) is 0. The summed E-state index contributed by atoms with van der Waals surface area (Å²) in [6, 6.07) is 5.46. The molecule has 78 valence electrons. The van der Waals surface area contributed by atoms with E-state index < -0.39 is 5.97 Å². The van der Waals surface area contributed by atoms with Gasteiger partial charge < -0.3 is 5.11 Å². The van der Waals surface area contributed by atoms with Crippen molar-refractivity contribution in [1.29, 1.82) is 0 Å². The van der Waals surface area contributed by atoms with Crippen LogP contribution in [0.1, 0.15) is 17.4 Å². The van der Waals surface area contributed by atoms with E-state index >= 15 is 0 Å². The molecule has 4 nitrogen and oxygen atoms in total. The predicted molar refractivity (Wildman–Crippen MR) is 60.1 cm³/mol. The number of aryl methyl sites for hydroxylation is 1. The van der Waals surface area contributed by atoms with Crippen LogP contribution in [-0.2, 0) is 6.54 Å². The number of fused-ring (bicyclic) bond motifs is 1. The minimum Gasteiger partial charge on any atom is -0.477 e. The van der Waals surface area contributed by atoms with Crippen LogP contribution in [0.3, 0.4) is 0 Å². The van der Waals surface area contributed by atoms with Crippen LogP contribution in [0.2, 0.25) is 0 Å². The van der Waals surface area contributed by atoms with Gasteiger partial charge in [-0.25, -0.2) is 4.79 Å². The van der Waals surface area contributed by atoms with Crippen molar-refractivity contribution in [1.82, 2.24) is 9.78 Å². The second-order valence-corrected chi connectivity index (χ2v) is 3.96. The van der Waals surface area contributed by atoms with Crippen LogP contribution in [0.25, 0.3) is 10.9 Å². The minimum atomic E-state index is -0.953. The summed E-state index contributed by atoms with van der Waals surface area (Å²) in [5, 5.41) is 14.0. The monoisotopic (exact) mass is 268 g/mol. The van der Waals surface area contributed by atoms with Crippen LogP contribution < -0.4 is 0 Å². The van der Waals surface area contributed by atoms with Crippen LogP contribution >= 0.6 is 15.9 Å². The van der Waals surface area contributed by atoms with Crippen molar-refractivity contribution >= 4 is 32.8 Å². The van der Waals surface area contributed by atoms with Crippen molar-refractivity contribution in [3.8, 4) is 0 Å². The van der Waals surface area contributed by atoms with E-state index in [9.17, 15) is 4.79 Å². The highest BCUT2D eigenvalue weighted by Crippen LogP contribution is 2.26. The fourth-order valence-electron chi connectivity index (χ4n) is 1.59. The molecule has 1 N–H and O–H groups in total. The number of carboxylic acid groups (broad SMARTS) is 1. The second kappa shape index (κ2) is 3.66. The van der Waals surface area contributed by atoms with Gasteiger partial charge in [0.15, 0.2) is 5.69 Å². The lowest BCUT2D eigenvalue weighted by molar-refractivity contribution is 0.0685. The number of aromatic nitrogens is 2. The first kappa shape index (κ1) is 10.2. The number of carbonyl (C=O) groups is 1. The Bertz CT molecular complexity index is 533. The molecule has 0 radical (unpaired) electrons. The van der Waals surface area contributed by atoms with Crippen molar-refractivity contribution in [2.45, 2.75) is 13.5 Å². The van der Waals surface area contributed by atoms with Gasteiger partial charge in [-0.15, -0.1) is 0 Å². The SMILES string of the molecule is CCn1nc2cccc(Br)c2c1C(=O)O. The van der Waals surface area contributed by atoms with Crippen LogP contribution in [0.5, 0.6) is 0 Å². The molecule has 2 aromatic rings. The summed E-state index contributed by atoms with van der Waals surface area (Å²) in [6.07, 6.45) is 0. The van der Waals surface area contributed by atoms with Crippen molar-refractivity contribution in [2.24, 2.45) is 0 Å². The molecule has 1 aromatic carbocycles. The average Bonchev–Trinajstić information content (AvgIpc) is 2.57. The number of hydrogen-bond donors (Lipinski definition) is 1. The largest absolute Gasteiger partial charge is 0.477 e. The number of carboxylic acids is 1. The molecule has 0 aliphatic heterocycles. The van der Waals surface area contributed by atoms with Crippen molar-refractivity contribution in [2.75, 3.05) is 0 Å². The first-order chi connectivity index (χ1) is 7.15. The summed E-state index contributed by atoms with van der Waals surface area (Å²) in [5.74, 6) is -0.953. The quantitative estimate of drug-likeness (QED) is 0.911. The van der Waals surface area contributed by atoms with Gasteiger partial charge in [-0.2, -0.15) is 5.10 Å². The van der Waals surface area contributed by atoms with Crippen molar-refractivity contribution < 1.29 is 9.90 Å². The van der Waals surface area contributed by atoms with Crippen LogP contribution in [0.15, 0.2) is 22.7 Å². The maximum atomic E-state index is 11.1. The topological polar surface area (TPSA) is 55.1 Å². The molecule has 5 heteroatoms. The lowest BCUT2D eigenvalue weighted by Crippen LogP contribution is -2.08. The standard InChI is InChI=1S/C10H9BrN2O2/c1-2-13-9(10(14)15)8-6(11)4-3-5-7(8)12-13/h3-5H,2H2,1H3,(H,14,15). The van der Waals surface area contributed by atoms with E-state index in [1.165, 1.54) is 4.68 Å². The zero-order valence-electron chi connectivity index (χ0n) is 8.07. The van der Waals surface area contributed by atoms with E-state index in [1.807, 2.05) is 19.1 Å². The molecular formula is C10H9BrN2O2. The number of rotatable bonds is 2. The first-order valence-electron chi connectivity index (χ1n) is 4.53. The Morgan fingerprint density at radius 3 is 2.93 bits per heavy atom. The zero-order valence-corrected chi connectivity index (χ0v) is 9.65. The molecule has 1 aromatic heterocycles. The summed E-state index contributed by atoms with van der Waals surface area (Å²) in [6.45, 7) is 2.41. The molecule has 0 unspecified atom stereocenters. The van der Waals surface area contributed by atoms with Gasteiger partial charge in [-0.1, -0.05) is 22.0 Å². The lowest BCUT2D eigenvalue weighted by Gasteiger charge is -1.99. The molecule has 1 heterocycles. The molecule has 0 fully saturated rings. The summed E-state index contributed by atoms with van der Waals surface area (Å²) in [4.78, 5) is 11.1. The Morgan fingerprint density at radius 1 is 1.60 bits per heavy atom. The van der Waals surface area contributed by atoms with Crippen LogP contribution in [-0.4, -0.2) is 20.9 Å². The number of benzene rings is 1. The molecule has 0 aliphatic carbocycles. The molecule has 0 amide bonds. The molecule has 0 spiro atoms. The highest BCUT2D eigenvalue weighted by Gasteiger charge is 2.18. The fraction of sp³-hybridized carbons (Fsp3) is 0.200. The lowest BCUT2D eigenvalue weighted by atomic mass is 10.2. The third-order valence-corrected chi connectivity index (χ3v) is 2.88. The predicted octanol–water partition coefficient (Wildman–Crippen LogP) is 2.52. The number of hydrogen-bond acceptors (Lipinski definition) is 2. The second-order valence-electron chi connectivity index (χ2n) is 3.10. The zero-order chi connectivity index (χ0) is 11.0. The van der Waals surface area contributed by atoms with Gasteiger partial charge in [0, 0.05) is 16.4 Å². The molecule has 0 saturated carbocycles. The minimum absolute atomic E-state index is 0.236. The Hall–Kier alpha value is -1.36. The number of nitrogens with zero attached hydrogens (tertiary/aromatic N) is 2. The molecule has 15 heavy (non-hydrogen) atoms. The van der Waals surface area contributed by atoms with E-state index in [-0.39, 0.29) is 5.69 Å². The van der Waals surface area contributed by atoms with E-state index in [1.54, 1.807) is 6.07 Å². The molecule has 0 bridgehead atoms. The van der Waals surface area contributed by atoms with E-state index in [0.29, 0.717) is 17.4 Å². The molecule has 0 atom stereocenters. The third kappa shape index (κ3) is 1.52. The van der Waals surface area contributed by atoms with Gasteiger partial charge in [0.2, 0.25) is 0 Å². The normalized spacial score (nSPS) is 10.8. The molecule has 0 saturated heterocycles. The Labute approximate surface area is 94.6 Å². The van der Waals surface area contributed by atoms with Gasteiger partial charge in [0.05, 0.1) is 5.52 Å². The van der Waals surface area contributed by atoms with Gasteiger partial charge in [0.1, 0.15) is 0 Å².